The monoisotopic (exact) mass is 225 g/mol. The Labute approximate surface area is 91.7 Å². The molecule has 2 atom stereocenters. The fourth-order valence-corrected chi connectivity index (χ4v) is 1.60. The molecule has 86 valence electrons. The van der Waals surface area contributed by atoms with E-state index in [-0.39, 0.29) is 5.91 Å². The molecule has 0 radical (unpaired) electrons. The maximum Gasteiger partial charge on any atom is 0.241 e. The van der Waals surface area contributed by atoms with Crippen molar-refractivity contribution in [3.05, 3.63) is 24.3 Å². The zero-order valence-electron chi connectivity index (χ0n) is 8.48. The van der Waals surface area contributed by atoms with Gasteiger partial charge in [-0.15, -0.1) is 0 Å². The van der Waals surface area contributed by atoms with E-state index in [4.69, 9.17) is 0 Å². The molecule has 1 aromatic heterocycles. The molecule has 1 saturated heterocycles. The highest BCUT2D eigenvalue weighted by atomic mass is 19.1. The summed E-state index contributed by atoms with van der Waals surface area (Å²) in [4.78, 5) is 15.1. The Morgan fingerprint density at radius 1 is 1.62 bits per heavy atom. The lowest BCUT2D eigenvalue weighted by Gasteiger charge is -2.10. The molecule has 1 aliphatic heterocycles. The van der Waals surface area contributed by atoms with Gasteiger partial charge in [0.2, 0.25) is 11.9 Å². The minimum absolute atomic E-state index is 0.245. The number of rotatable bonds is 2. The zero-order valence-corrected chi connectivity index (χ0v) is 8.48. The second-order valence-corrected chi connectivity index (χ2v) is 3.71. The van der Waals surface area contributed by atoms with Crippen molar-refractivity contribution in [1.29, 1.82) is 0 Å². The van der Waals surface area contributed by atoms with Crippen LogP contribution in [0.5, 0.6) is 0 Å². The van der Waals surface area contributed by atoms with Gasteiger partial charge in [-0.05, 0) is 18.6 Å². The quantitative estimate of drug-likeness (QED) is 0.613. The highest BCUT2D eigenvalue weighted by Crippen LogP contribution is 2.10. The molecule has 6 heteroatoms. The number of hydrogen-bond donors (Lipinski definition) is 3. The molecule has 16 heavy (non-hydrogen) atoms. The van der Waals surface area contributed by atoms with E-state index < -0.39 is 18.1 Å². The molecule has 0 spiro atoms. The topological polar surface area (TPSA) is 74.2 Å². The van der Waals surface area contributed by atoms with Gasteiger partial charge in [-0.2, -0.15) is 4.39 Å². The van der Waals surface area contributed by atoms with Gasteiger partial charge in [-0.1, -0.05) is 0 Å². The van der Waals surface area contributed by atoms with E-state index in [1.54, 1.807) is 0 Å². The summed E-state index contributed by atoms with van der Waals surface area (Å²) in [5.41, 5.74) is 0.439. The Morgan fingerprint density at radius 3 is 3.00 bits per heavy atom. The van der Waals surface area contributed by atoms with Crippen molar-refractivity contribution >= 4 is 11.6 Å². The molecule has 1 aromatic rings. The van der Waals surface area contributed by atoms with Crippen LogP contribution in [0.15, 0.2) is 18.3 Å². The number of nitrogens with zero attached hydrogens (tertiary/aromatic N) is 1. The molecule has 1 amide bonds. The third-order valence-electron chi connectivity index (χ3n) is 2.42. The number of β-amino-alcohol motifs (C(OH)–C–C–N with tert-alkyl or cyclic N) is 1. The average molecular weight is 225 g/mol. The Hall–Kier alpha value is -1.53. The van der Waals surface area contributed by atoms with Gasteiger partial charge in [-0.25, -0.2) is 4.98 Å². The molecule has 0 aliphatic carbocycles. The van der Waals surface area contributed by atoms with Crippen LogP contribution in [0.25, 0.3) is 0 Å². The lowest BCUT2D eigenvalue weighted by molar-refractivity contribution is -0.117. The Balaban J connectivity index is 1.94. The molecule has 1 aliphatic rings. The number of aromatic nitrogens is 1. The number of aliphatic hydroxyl groups excluding tert-OH is 1. The van der Waals surface area contributed by atoms with Gasteiger partial charge in [0.05, 0.1) is 24.0 Å². The summed E-state index contributed by atoms with van der Waals surface area (Å²) in [7, 11) is 0. The first-order valence-electron chi connectivity index (χ1n) is 4.99. The molecular weight excluding hydrogens is 213 g/mol. The van der Waals surface area contributed by atoms with Crippen molar-refractivity contribution in [3.63, 3.8) is 0 Å². The molecule has 5 nitrogen and oxygen atoms in total. The summed E-state index contributed by atoms with van der Waals surface area (Å²) in [5.74, 6) is -0.836. The third kappa shape index (κ3) is 2.53. The predicted molar refractivity (Wildman–Crippen MR) is 55.2 cm³/mol. The van der Waals surface area contributed by atoms with E-state index in [1.165, 1.54) is 18.3 Å². The fourth-order valence-electron chi connectivity index (χ4n) is 1.60. The lowest BCUT2D eigenvalue weighted by atomic mass is 10.2. The number of carbonyl (C=O) groups excluding carboxylic acids is 1. The van der Waals surface area contributed by atoms with Gasteiger partial charge in [0, 0.05) is 6.54 Å². The van der Waals surface area contributed by atoms with Crippen LogP contribution in [0.2, 0.25) is 0 Å². The second-order valence-electron chi connectivity index (χ2n) is 3.71. The van der Waals surface area contributed by atoms with Crippen LogP contribution in [0.3, 0.4) is 0 Å². The van der Waals surface area contributed by atoms with Crippen molar-refractivity contribution in [1.82, 2.24) is 10.3 Å². The van der Waals surface area contributed by atoms with E-state index in [2.05, 4.69) is 15.6 Å². The molecule has 0 saturated carbocycles. The Morgan fingerprint density at radius 2 is 2.44 bits per heavy atom. The summed E-state index contributed by atoms with van der Waals surface area (Å²) < 4.78 is 12.5. The number of aliphatic hydroxyl groups is 1. The van der Waals surface area contributed by atoms with Gasteiger partial charge < -0.3 is 15.7 Å². The first kappa shape index (κ1) is 11.0. The highest BCUT2D eigenvalue weighted by Gasteiger charge is 2.27. The highest BCUT2D eigenvalue weighted by molar-refractivity contribution is 5.94. The molecule has 0 aromatic carbocycles. The first-order chi connectivity index (χ1) is 7.65. The Bertz CT molecular complexity index is 382. The molecule has 3 N–H and O–H groups in total. The summed E-state index contributed by atoms with van der Waals surface area (Å²) in [6, 6.07) is 2.21. The minimum atomic E-state index is -0.590. The van der Waals surface area contributed by atoms with Crippen LogP contribution in [-0.2, 0) is 4.79 Å². The molecule has 0 bridgehead atoms. The smallest absolute Gasteiger partial charge is 0.241 e. The summed E-state index contributed by atoms with van der Waals surface area (Å²) >= 11 is 0. The van der Waals surface area contributed by atoms with Crippen molar-refractivity contribution in [2.24, 2.45) is 0 Å². The van der Waals surface area contributed by atoms with Crippen molar-refractivity contribution in [3.8, 4) is 0 Å². The maximum absolute atomic E-state index is 12.5. The molecule has 1 fully saturated rings. The minimum Gasteiger partial charge on any atom is -0.392 e. The Kier molecular flexibility index (Phi) is 3.12. The van der Waals surface area contributed by atoms with Gasteiger partial charge in [0.1, 0.15) is 0 Å². The third-order valence-corrected chi connectivity index (χ3v) is 2.42. The molecule has 2 heterocycles. The number of amides is 1. The van der Waals surface area contributed by atoms with Crippen LogP contribution in [0, 0.1) is 5.95 Å². The number of hydrogen-bond acceptors (Lipinski definition) is 4. The zero-order chi connectivity index (χ0) is 11.5. The van der Waals surface area contributed by atoms with Gasteiger partial charge in [-0.3, -0.25) is 4.79 Å². The van der Waals surface area contributed by atoms with E-state index in [0.717, 1.165) is 0 Å². The van der Waals surface area contributed by atoms with Gasteiger partial charge in [0.15, 0.2) is 0 Å². The van der Waals surface area contributed by atoms with Crippen LogP contribution < -0.4 is 10.6 Å². The number of nitrogens with one attached hydrogen (secondary N) is 2. The summed E-state index contributed by atoms with van der Waals surface area (Å²) in [6.07, 6.45) is 1.15. The van der Waals surface area contributed by atoms with E-state index in [1.807, 2.05) is 0 Å². The van der Waals surface area contributed by atoms with Crippen LogP contribution in [-0.4, -0.2) is 34.7 Å². The first-order valence-corrected chi connectivity index (χ1v) is 4.99. The lowest BCUT2D eigenvalue weighted by Crippen LogP contribution is -2.35. The fraction of sp³-hybridized carbons (Fsp3) is 0.400. The standard InChI is InChI=1S/C10H12FN3O2/c11-9-2-1-6(4-13-9)14-10(16)8-3-7(15)5-12-8/h1-2,4,7-8,12,15H,3,5H2,(H,14,16). The van der Waals surface area contributed by atoms with Gasteiger partial charge >= 0.3 is 0 Å². The summed E-state index contributed by atoms with van der Waals surface area (Å²) in [5, 5.41) is 14.7. The van der Waals surface area contributed by atoms with Crippen molar-refractivity contribution in [2.75, 3.05) is 11.9 Å². The van der Waals surface area contributed by atoms with Crippen LogP contribution >= 0.6 is 0 Å². The normalized spacial score (nSPS) is 24.4. The van der Waals surface area contributed by atoms with Crippen LogP contribution in [0.1, 0.15) is 6.42 Å². The number of halogens is 1. The molecular formula is C10H12FN3O2. The number of carbonyl (C=O) groups is 1. The van der Waals surface area contributed by atoms with E-state index in [9.17, 15) is 14.3 Å². The van der Waals surface area contributed by atoms with Crippen LogP contribution in [0.4, 0.5) is 10.1 Å². The van der Waals surface area contributed by atoms with E-state index >= 15 is 0 Å². The molecule has 2 unspecified atom stereocenters. The van der Waals surface area contributed by atoms with Gasteiger partial charge in [0.25, 0.3) is 0 Å². The number of pyridine rings is 1. The average Bonchev–Trinajstić information content (AvgIpc) is 2.68. The summed E-state index contributed by atoms with van der Waals surface area (Å²) in [6.45, 7) is 0.416. The SMILES string of the molecule is O=C(Nc1ccc(F)nc1)C1CC(O)CN1. The molecule has 2 rings (SSSR count). The van der Waals surface area contributed by atoms with Crippen molar-refractivity contribution in [2.45, 2.75) is 18.6 Å². The largest absolute Gasteiger partial charge is 0.392 e. The predicted octanol–water partition coefficient (Wildman–Crippen LogP) is -0.118. The number of anilines is 1. The van der Waals surface area contributed by atoms with E-state index in [0.29, 0.717) is 18.7 Å². The maximum atomic E-state index is 12.5. The second kappa shape index (κ2) is 4.54. The van der Waals surface area contributed by atoms with Crippen molar-refractivity contribution < 1.29 is 14.3 Å².